The van der Waals surface area contributed by atoms with E-state index in [1.807, 2.05) is 32.9 Å². The number of thiocarbonyl (C=S) groups is 1. The molecule has 3 aromatic rings. The molecule has 1 unspecified atom stereocenters. The van der Waals surface area contributed by atoms with E-state index in [2.05, 4.69) is 38.2 Å². The molecule has 0 fully saturated rings. The number of sulfonamides is 1. The van der Waals surface area contributed by atoms with Crippen molar-refractivity contribution in [2.24, 2.45) is 0 Å². The Labute approximate surface area is 238 Å². The Morgan fingerprint density at radius 1 is 1.00 bits per heavy atom. The fourth-order valence-electron chi connectivity index (χ4n) is 3.85. The van der Waals surface area contributed by atoms with Crippen molar-refractivity contribution in [1.29, 1.82) is 0 Å². The lowest BCUT2D eigenvalue weighted by atomic mass is 10.1. The molecule has 0 bridgehead atoms. The topological polar surface area (TPSA) is 96.5 Å². The molecule has 3 aromatic carbocycles. The van der Waals surface area contributed by atoms with Gasteiger partial charge in [0.25, 0.3) is 15.9 Å². The molecule has 7 nitrogen and oxygen atoms in total. The maximum Gasteiger partial charge on any atom is 0.261 e. The van der Waals surface area contributed by atoms with Crippen LogP contribution in [0.25, 0.3) is 0 Å². The summed E-state index contributed by atoms with van der Waals surface area (Å²) < 4.78 is 35.0. The third-order valence-electron chi connectivity index (χ3n) is 5.60. The smallest absolute Gasteiger partial charge is 0.261 e. The van der Waals surface area contributed by atoms with Gasteiger partial charge in [0.15, 0.2) is 5.11 Å². The van der Waals surface area contributed by atoms with Crippen LogP contribution in [0.1, 0.15) is 54.6 Å². The quantitative estimate of drug-likeness (QED) is 0.213. The predicted molar refractivity (Wildman–Crippen MR) is 161 cm³/mol. The van der Waals surface area contributed by atoms with Crippen LogP contribution in [0.3, 0.4) is 0 Å². The minimum Gasteiger partial charge on any atom is -0.490 e. The number of amides is 1. The summed E-state index contributed by atoms with van der Waals surface area (Å²) in [5, 5.41) is 5.66. The minimum absolute atomic E-state index is 0.0352. The molecule has 0 aromatic heterocycles. The monoisotopic (exact) mass is 617 g/mol. The Morgan fingerprint density at radius 3 is 2.29 bits per heavy atom. The van der Waals surface area contributed by atoms with Crippen molar-refractivity contribution < 1.29 is 17.9 Å². The van der Waals surface area contributed by atoms with Gasteiger partial charge in [-0.1, -0.05) is 41.8 Å². The van der Waals surface area contributed by atoms with E-state index in [4.69, 9.17) is 17.0 Å². The van der Waals surface area contributed by atoms with E-state index in [0.717, 1.165) is 34.9 Å². The van der Waals surface area contributed by atoms with Gasteiger partial charge in [0.2, 0.25) is 0 Å². The zero-order valence-electron chi connectivity index (χ0n) is 21.8. The van der Waals surface area contributed by atoms with E-state index in [9.17, 15) is 13.2 Å². The summed E-state index contributed by atoms with van der Waals surface area (Å²) in [6.45, 7) is 7.92. The highest BCUT2D eigenvalue weighted by Gasteiger charge is 2.18. The summed E-state index contributed by atoms with van der Waals surface area (Å²) in [7, 11) is -3.77. The zero-order chi connectivity index (χ0) is 27.9. The highest BCUT2D eigenvalue weighted by molar-refractivity contribution is 9.10. The van der Waals surface area contributed by atoms with Crippen LogP contribution in [0.4, 0.5) is 11.4 Å². The first kappa shape index (κ1) is 29.6. The molecule has 3 rings (SSSR count). The molecule has 0 aliphatic rings. The van der Waals surface area contributed by atoms with E-state index in [1.165, 1.54) is 12.1 Å². The summed E-state index contributed by atoms with van der Waals surface area (Å²) in [4.78, 5) is 13.1. The third kappa shape index (κ3) is 8.54. The largest absolute Gasteiger partial charge is 0.490 e. The molecule has 0 saturated carbocycles. The van der Waals surface area contributed by atoms with Crippen LogP contribution >= 0.6 is 28.1 Å². The number of ether oxygens (including phenoxy) is 1. The van der Waals surface area contributed by atoms with Gasteiger partial charge in [-0.05, 0) is 105 Å². The van der Waals surface area contributed by atoms with E-state index >= 15 is 0 Å². The van der Waals surface area contributed by atoms with Crippen molar-refractivity contribution in [2.45, 2.75) is 58.0 Å². The van der Waals surface area contributed by atoms with Crippen LogP contribution in [-0.4, -0.2) is 25.5 Å². The Hall–Kier alpha value is -2.95. The molecule has 0 heterocycles. The van der Waals surface area contributed by atoms with Gasteiger partial charge in [0.05, 0.1) is 16.6 Å². The number of halogens is 1. The summed E-state index contributed by atoms with van der Waals surface area (Å²) in [6, 6.07) is 16.9. The Morgan fingerprint density at radius 2 is 1.66 bits per heavy atom. The Balaban J connectivity index is 1.65. The number of rotatable bonds is 10. The van der Waals surface area contributed by atoms with Crippen LogP contribution in [0.5, 0.6) is 5.75 Å². The number of unbranched alkanes of at least 4 members (excludes halogenated alkanes) is 1. The molecule has 0 aliphatic heterocycles. The Kier molecular flexibility index (Phi) is 10.3. The van der Waals surface area contributed by atoms with Gasteiger partial charge in [-0.2, -0.15) is 0 Å². The van der Waals surface area contributed by atoms with Crippen LogP contribution in [0.15, 0.2) is 70.0 Å². The standard InChI is InChI=1S/C28H32BrN3O4S2/c1-5-6-7-20(4)36-26-13-8-21(29)17-25(26)27(33)31-28(37)30-22-9-11-24(12-10-22)38(34,35)32-23-15-18(2)14-19(3)16-23/h8-17,20,32H,5-7H2,1-4H3,(H2,30,31,33,37). The van der Waals surface area contributed by atoms with Crippen LogP contribution in [0, 0.1) is 13.8 Å². The molecule has 10 heteroatoms. The number of carbonyl (C=O) groups is 1. The second-order valence-electron chi connectivity index (χ2n) is 9.13. The SMILES string of the molecule is CCCCC(C)Oc1ccc(Br)cc1C(=O)NC(=S)Nc1ccc(S(=O)(=O)Nc2cc(C)cc(C)c2)cc1. The van der Waals surface area contributed by atoms with Gasteiger partial charge in [-0.3, -0.25) is 14.8 Å². The highest BCUT2D eigenvalue weighted by atomic mass is 79.9. The average molecular weight is 619 g/mol. The molecule has 202 valence electrons. The van der Waals surface area contributed by atoms with Crippen molar-refractivity contribution >= 4 is 60.6 Å². The van der Waals surface area contributed by atoms with Gasteiger partial charge < -0.3 is 10.1 Å². The fraction of sp³-hybridized carbons (Fsp3) is 0.286. The first-order valence-electron chi connectivity index (χ1n) is 12.3. The normalized spacial score (nSPS) is 11.9. The second-order valence-corrected chi connectivity index (χ2v) is 12.1. The molecule has 38 heavy (non-hydrogen) atoms. The second kappa shape index (κ2) is 13.2. The van der Waals surface area contributed by atoms with Gasteiger partial charge in [0, 0.05) is 15.8 Å². The van der Waals surface area contributed by atoms with E-state index < -0.39 is 15.9 Å². The molecular formula is C28H32BrN3O4S2. The Bertz CT molecular complexity index is 1390. The van der Waals surface area contributed by atoms with Crippen LogP contribution in [0.2, 0.25) is 0 Å². The molecule has 0 saturated heterocycles. The van der Waals surface area contributed by atoms with Crippen LogP contribution in [-0.2, 0) is 10.0 Å². The third-order valence-corrected chi connectivity index (χ3v) is 7.70. The molecule has 0 spiro atoms. The van der Waals surface area contributed by atoms with E-state index in [1.54, 1.807) is 36.4 Å². The molecular weight excluding hydrogens is 586 g/mol. The lowest BCUT2D eigenvalue weighted by Crippen LogP contribution is -2.34. The number of nitrogens with one attached hydrogen (secondary N) is 3. The minimum atomic E-state index is -3.77. The number of aryl methyl sites for hydroxylation is 2. The highest BCUT2D eigenvalue weighted by Crippen LogP contribution is 2.25. The summed E-state index contributed by atoms with van der Waals surface area (Å²) in [5.74, 6) is 0.0568. The zero-order valence-corrected chi connectivity index (χ0v) is 25.0. The first-order chi connectivity index (χ1) is 18.0. The number of hydrogen-bond donors (Lipinski definition) is 3. The fourth-order valence-corrected chi connectivity index (χ4v) is 5.46. The van der Waals surface area contributed by atoms with Crippen molar-refractivity contribution in [3.63, 3.8) is 0 Å². The van der Waals surface area contributed by atoms with Crippen LogP contribution < -0.4 is 20.1 Å². The lowest BCUT2D eigenvalue weighted by molar-refractivity contribution is 0.0970. The van der Waals surface area contributed by atoms with Gasteiger partial charge >= 0.3 is 0 Å². The predicted octanol–water partition coefficient (Wildman–Crippen LogP) is 6.95. The molecule has 1 atom stereocenters. The number of carbonyl (C=O) groups excluding carboxylic acids is 1. The van der Waals surface area contributed by atoms with Crippen molar-refractivity contribution in [3.05, 3.63) is 81.8 Å². The summed E-state index contributed by atoms with van der Waals surface area (Å²) in [6.07, 6.45) is 2.96. The van der Waals surface area contributed by atoms with Crippen molar-refractivity contribution in [3.8, 4) is 5.75 Å². The number of benzene rings is 3. The maximum absolute atomic E-state index is 13.0. The molecule has 0 radical (unpaired) electrons. The molecule has 0 aliphatic carbocycles. The molecule has 1 amide bonds. The van der Waals surface area contributed by atoms with Crippen molar-refractivity contribution in [2.75, 3.05) is 10.0 Å². The molecule has 3 N–H and O–H groups in total. The summed E-state index contributed by atoms with van der Waals surface area (Å²) >= 11 is 8.73. The number of anilines is 2. The number of hydrogen-bond acceptors (Lipinski definition) is 5. The van der Waals surface area contributed by atoms with Gasteiger partial charge in [-0.15, -0.1) is 0 Å². The van der Waals surface area contributed by atoms with Gasteiger partial charge in [-0.25, -0.2) is 8.42 Å². The van der Waals surface area contributed by atoms with E-state index in [-0.39, 0.29) is 16.1 Å². The summed E-state index contributed by atoms with van der Waals surface area (Å²) in [5.41, 5.74) is 3.31. The van der Waals surface area contributed by atoms with Crippen molar-refractivity contribution in [1.82, 2.24) is 5.32 Å². The average Bonchev–Trinajstić information content (AvgIpc) is 2.83. The maximum atomic E-state index is 13.0. The first-order valence-corrected chi connectivity index (χ1v) is 14.9. The van der Waals surface area contributed by atoms with Gasteiger partial charge in [0.1, 0.15) is 5.75 Å². The van der Waals surface area contributed by atoms with E-state index in [0.29, 0.717) is 22.7 Å². The lowest BCUT2D eigenvalue weighted by Gasteiger charge is -2.18.